The molecule has 2 amide bonds. The number of carbonyl (C=O) groups excluding carboxylic acids is 1. The molecule has 1 atom stereocenters. The van der Waals surface area contributed by atoms with Gasteiger partial charge in [0.1, 0.15) is 0 Å². The average molecular weight is 336 g/mol. The number of aromatic nitrogens is 2. The van der Waals surface area contributed by atoms with Crippen LogP contribution in [0, 0.1) is 6.92 Å². The Labute approximate surface area is 146 Å². The van der Waals surface area contributed by atoms with Crippen LogP contribution in [0.1, 0.15) is 24.2 Å². The molecule has 0 aliphatic heterocycles. The normalized spacial score (nSPS) is 12.0. The number of hydrogen-bond donors (Lipinski definition) is 2. The minimum Gasteiger partial charge on any atom is -0.377 e. The molecule has 0 saturated heterocycles. The van der Waals surface area contributed by atoms with Gasteiger partial charge in [-0.3, -0.25) is 9.97 Å². The number of urea groups is 1. The molecule has 0 aliphatic rings. The van der Waals surface area contributed by atoms with E-state index >= 15 is 0 Å². The van der Waals surface area contributed by atoms with Crippen LogP contribution in [0.5, 0.6) is 0 Å². The monoisotopic (exact) mass is 336 g/mol. The third kappa shape index (κ3) is 3.75. The molecule has 1 aromatic carbocycles. The van der Waals surface area contributed by atoms with E-state index in [0.717, 1.165) is 22.0 Å². The molecule has 2 aromatic heterocycles. The predicted octanol–water partition coefficient (Wildman–Crippen LogP) is 4.29. The molecule has 0 saturated carbocycles. The number of nitrogens with zero attached hydrogens (tertiary/aromatic N) is 2. The highest BCUT2D eigenvalue weighted by Gasteiger charge is 2.17. The van der Waals surface area contributed by atoms with E-state index in [1.54, 1.807) is 37.8 Å². The van der Waals surface area contributed by atoms with Crippen molar-refractivity contribution in [2.75, 3.05) is 17.7 Å². The maximum Gasteiger partial charge on any atom is 0.323 e. The Bertz CT molecular complexity index is 897. The van der Waals surface area contributed by atoms with Gasteiger partial charge in [0.2, 0.25) is 0 Å². The van der Waals surface area contributed by atoms with E-state index in [9.17, 15) is 4.79 Å². The summed E-state index contributed by atoms with van der Waals surface area (Å²) in [5.41, 5.74) is 4.12. The van der Waals surface area contributed by atoms with E-state index in [1.807, 2.05) is 26.0 Å². The lowest BCUT2D eigenvalue weighted by Crippen LogP contribution is -2.21. The first-order chi connectivity index (χ1) is 12.1. The fourth-order valence-electron chi connectivity index (χ4n) is 2.70. The van der Waals surface area contributed by atoms with Gasteiger partial charge in [0.05, 0.1) is 35.4 Å². The summed E-state index contributed by atoms with van der Waals surface area (Å²) in [5, 5.41) is 6.58. The highest BCUT2D eigenvalue weighted by atomic mass is 16.5. The summed E-state index contributed by atoms with van der Waals surface area (Å²) in [6.07, 6.45) is 4.70. The summed E-state index contributed by atoms with van der Waals surface area (Å²) in [4.78, 5) is 20.8. The standard InChI is InChI=1S/C19H20N4O2/c1-12-6-7-16-15(9-12)18(13(2)25-3)17(11-21-16)23-19(24)22-14-5-4-8-20-10-14/h4-11,13H,1-3H3,(H2,22,23,24). The fourth-order valence-corrected chi connectivity index (χ4v) is 2.70. The molecule has 0 fully saturated rings. The zero-order valence-corrected chi connectivity index (χ0v) is 14.4. The molecule has 0 spiro atoms. The zero-order valence-electron chi connectivity index (χ0n) is 14.4. The first kappa shape index (κ1) is 16.9. The summed E-state index contributed by atoms with van der Waals surface area (Å²) < 4.78 is 5.52. The summed E-state index contributed by atoms with van der Waals surface area (Å²) in [7, 11) is 1.65. The van der Waals surface area contributed by atoms with Gasteiger partial charge in [-0.1, -0.05) is 11.6 Å². The van der Waals surface area contributed by atoms with Crippen LogP contribution in [0.3, 0.4) is 0 Å². The molecule has 128 valence electrons. The van der Waals surface area contributed by atoms with Crippen LogP contribution in [0.4, 0.5) is 16.2 Å². The summed E-state index contributed by atoms with van der Waals surface area (Å²) >= 11 is 0. The fraction of sp³-hybridized carbons (Fsp3) is 0.211. The maximum atomic E-state index is 12.3. The number of nitrogens with one attached hydrogen (secondary N) is 2. The third-order valence-corrected chi connectivity index (χ3v) is 3.99. The number of aryl methyl sites for hydroxylation is 1. The van der Waals surface area contributed by atoms with Crippen LogP contribution in [-0.2, 0) is 4.74 Å². The molecule has 0 aliphatic carbocycles. The van der Waals surface area contributed by atoms with Crippen molar-refractivity contribution in [1.29, 1.82) is 0 Å². The van der Waals surface area contributed by atoms with Gasteiger partial charge in [-0.05, 0) is 38.1 Å². The highest BCUT2D eigenvalue weighted by molar-refractivity contribution is 6.02. The van der Waals surface area contributed by atoms with Crippen LogP contribution < -0.4 is 10.6 Å². The van der Waals surface area contributed by atoms with E-state index in [2.05, 4.69) is 26.7 Å². The van der Waals surface area contributed by atoms with Crippen molar-refractivity contribution >= 4 is 28.3 Å². The number of rotatable bonds is 4. The molecule has 1 unspecified atom stereocenters. The molecule has 25 heavy (non-hydrogen) atoms. The van der Waals surface area contributed by atoms with Crippen molar-refractivity contribution in [1.82, 2.24) is 9.97 Å². The second-order valence-electron chi connectivity index (χ2n) is 5.80. The minimum absolute atomic E-state index is 0.194. The van der Waals surface area contributed by atoms with Crippen LogP contribution in [-0.4, -0.2) is 23.1 Å². The van der Waals surface area contributed by atoms with Gasteiger partial charge in [-0.15, -0.1) is 0 Å². The summed E-state index contributed by atoms with van der Waals surface area (Å²) in [6, 6.07) is 9.21. The third-order valence-electron chi connectivity index (χ3n) is 3.99. The Morgan fingerprint density at radius 3 is 2.76 bits per heavy atom. The number of hydrogen-bond acceptors (Lipinski definition) is 4. The number of methoxy groups -OCH3 is 1. The smallest absolute Gasteiger partial charge is 0.323 e. The van der Waals surface area contributed by atoms with Gasteiger partial charge < -0.3 is 15.4 Å². The highest BCUT2D eigenvalue weighted by Crippen LogP contribution is 2.32. The second-order valence-corrected chi connectivity index (χ2v) is 5.80. The molecule has 2 heterocycles. The van der Waals surface area contributed by atoms with Crippen molar-refractivity contribution in [3.63, 3.8) is 0 Å². The Morgan fingerprint density at radius 2 is 2.04 bits per heavy atom. The molecule has 0 radical (unpaired) electrons. The van der Waals surface area contributed by atoms with Crippen molar-refractivity contribution in [3.8, 4) is 0 Å². The van der Waals surface area contributed by atoms with Crippen LogP contribution in [0.15, 0.2) is 48.9 Å². The van der Waals surface area contributed by atoms with Gasteiger partial charge >= 0.3 is 6.03 Å². The largest absolute Gasteiger partial charge is 0.377 e. The van der Waals surface area contributed by atoms with Crippen LogP contribution in [0.25, 0.3) is 10.9 Å². The first-order valence-electron chi connectivity index (χ1n) is 7.98. The predicted molar refractivity (Wildman–Crippen MR) is 98.8 cm³/mol. The molecule has 3 rings (SSSR count). The van der Waals surface area contributed by atoms with Crippen molar-refractivity contribution in [2.45, 2.75) is 20.0 Å². The molecule has 3 aromatic rings. The van der Waals surface area contributed by atoms with Crippen molar-refractivity contribution < 1.29 is 9.53 Å². The van der Waals surface area contributed by atoms with Crippen LogP contribution in [0.2, 0.25) is 0 Å². The minimum atomic E-state index is -0.355. The Kier molecular flexibility index (Phi) is 4.90. The lowest BCUT2D eigenvalue weighted by Gasteiger charge is -2.18. The number of carbonyl (C=O) groups is 1. The number of fused-ring (bicyclic) bond motifs is 1. The van der Waals surface area contributed by atoms with Crippen molar-refractivity contribution in [3.05, 3.63) is 60.0 Å². The quantitative estimate of drug-likeness (QED) is 0.745. The Hall–Kier alpha value is -2.99. The Morgan fingerprint density at radius 1 is 1.20 bits per heavy atom. The van der Waals surface area contributed by atoms with Crippen LogP contribution >= 0.6 is 0 Å². The molecular weight excluding hydrogens is 316 g/mol. The molecule has 0 bridgehead atoms. The van der Waals surface area contributed by atoms with E-state index in [-0.39, 0.29) is 12.1 Å². The number of pyridine rings is 2. The van der Waals surface area contributed by atoms with Gasteiger partial charge in [0.25, 0.3) is 0 Å². The molecule has 6 nitrogen and oxygen atoms in total. The first-order valence-corrected chi connectivity index (χ1v) is 7.98. The van der Waals surface area contributed by atoms with Gasteiger partial charge in [0.15, 0.2) is 0 Å². The molecule has 6 heteroatoms. The summed E-state index contributed by atoms with van der Waals surface area (Å²) in [6.45, 7) is 3.97. The zero-order chi connectivity index (χ0) is 17.8. The topological polar surface area (TPSA) is 76.1 Å². The van der Waals surface area contributed by atoms with Gasteiger partial charge in [-0.25, -0.2) is 4.79 Å². The van der Waals surface area contributed by atoms with Gasteiger partial charge in [-0.2, -0.15) is 0 Å². The van der Waals surface area contributed by atoms with E-state index in [4.69, 9.17) is 4.74 Å². The SMILES string of the molecule is COC(C)c1c(NC(=O)Nc2cccnc2)cnc2ccc(C)cc12. The Balaban J connectivity index is 1.96. The number of amides is 2. The average Bonchev–Trinajstić information content (AvgIpc) is 2.61. The number of anilines is 2. The molecular formula is C19H20N4O2. The summed E-state index contributed by atoms with van der Waals surface area (Å²) in [5.74, 6) is 0. The molecule has 2 N–H and O–H groups in total. The van der Waals surface area contributed by atoms with Gasteiger partial charge in [0, 0.05) is 24.3 Å². The second kappa shape index (κ2) is 7.27. The van der Waals surface area contributed by atoms with E-state index in [0.29, 0.717) is 11.4 Å². The number of benzene rings is 1. The lowest BCUT2D eigenvalue weighted by atomic mass is 10.0. The lowest BCUT2D eigenvalue weighted by molar-refractivity contribution is 0.121. The number of ether oxygens (including phenoxy) is 1. The van der Waals surface area contributed by atoms with Crippen molar-refractivity contribution in [2.24, 2.45) is 0 Å². The van der Waals surface area contributed by atoms with E-state index in [1.165, 1.54) is 0 Å². The maximum absolute atomic E-state index is 12.3. The van der Waals surface area contributed by atoms with E-state index < -0.39 is 0 Å².